The van der Waals surface area contributed by atoms with Crippen LogP contribution in [0.1, 0.15) is 43.9 Å². The van der Waals surface area contributed by atoms with E-state index in [2.05, 4.69) is 37.1 Å². The molecule has 88 valence electrons. The molecular formula is C14H22N2. The molecule has 1 heterocycles. The van der Waals surface area contributed by atoms with Gasteiger partial charge in [-0.05, 0) is 57.1 Å². The van der Waals surface area contributed by atoms with Gasteiger partial charge in [0.2, 0.25) is 0 Å². The minimum Gasteiger partial charge on any atom is -0.381 e. The van der Waals surface area contributed by atoms with E-state index in [0.717, 1.165) is 11.6 Å². The van der Waals surface area contributed by atoms with Crippen molar-refractivity contribution in [3.05, 3.63) is 23.5 Å². The summed E-state index contributed by atoms with van der Waals surface area (Å²) in [5.74, 6) is 0.912. The van der Waals surface area contributed by atoms with E-state index in [9.17, 15) is 0 Å². The zero-order chi connectivity index (χ0) is 11.5. The molecule has 0 radical (unpaired) electrons. The lowest BCUT2D eigenvalue weighted by Crippen LogP contribution is -2.25. The average molecular weight is 218 g/mol. The van der Waals surface area contributed by atoms with Crippen molar-refractivity contribution in [2.24, 2.45) is 5.92 Å². The van der Waals surface area contributed by atoms with E-state index in [1.165, 1.54) is 36.9 Å². The summed E-state index contributed by atoms with van der Waals surface area (Å²) in [5, 5.41) is 3.65. The van der Waals surface area contributed by atoms with Crippen LogP contribution in [0.15, 0.2) is 12.3 Å². The first-order valence-electron chi connectivity index (χ1n) is 6.35. The molecule has 2 heteroatoms. The van der Waals surface area contributed by atoms with Crippen molar-refractivity contribution < 1.29 is 0 Å². The Labute approximate surface area is 98.5 Å². The zero-order valence-electron chi connectivity index (χ0n) is 10.6. The van der Waals surface area contributed by atoms with Gasteiger partial charge in [0.15, 0.2) is 0 Å². The minimum absolute atomic E-state index is 0.651. The third kappa shape index (κ3) is 2.75. The Balaban J connectivity index is 2.00. The first kappa shape index (κ1) is 11.4. The summed E-state index contributed by atoms with van der Waals surface area (Å²) >= 11 is 0. The Bertz CT molecular complexity index is 352. The molecule has 1 fully saturated rings. The quantitative estimate of drug-likeness (QED) is 0.819. The molecule has 1 N–H and O–H groups in total. The van der Waals surface area contributed by atoms with Crippen molar-refractivity contribution in [2.75, 3.05) is 5.32 Å². The smallest absolute Gasteiger partial charge is 0.0603 e. The number of hydrogen-bond donors (Lipinski definition) is 1. The van der Waals surface area contributed by atoms with E-state index >= 15 is 0 Å². The molecule has 0 amide bonds. The molecule has 0 spiro atoms. The second-order valence-electron chi connectivity index (χ2n) is 5.25. The van der Waals surface area contributed by atoms with E-state index in [4.69, 9.17) is 0 Å². The third-order valence-corrected chi connectivity index (χ3v) is 3.60. The molecule has 2 nitrogen and oxygen atoms in total. The lowest BCUT2D eigenvalue weighted by molar-refractivity contribution is 0.361. The fraction of sp³-hybridized carbons (Fsp3) is 0.643. The van der Waals surface area contributed by atoms with Gasteiger partial charge in [-0.2, -0.15) is 0 Å². The van der Waals surface area contributed by atoms with Crippen LogP contribution in [0.4, 0.5) is 5.69 Å². The summed E-state index contributed by atoms with van der Waals surface area (Å²) in [7, 11) is 0. The molecule has 0 aliphatic heterocycles. The van der Waals surface area contributed by atoms with Crippen LogP contribution in [0.3, 0.4) is 0 Å². The van der Waals surface area contributed by atoms with Crippen molar-refractivity contribution in [1.29, 1.82) is 0 Å². The molecule has 0 atom stereocenters. The lowest BCUT2D eigenvalue weighted by Gasteiger charge is -2.28. The molecule has 1 saturated carbocycles. The molecule has 1 aromatic rings. The molecule has 16 heavy (non-hydrogen) atoms. The third-order valence-electron chi connectivity index (χ3n) is 3.60. The van der Waals surface area contributed by atoms with E-state index < -0.39 is 0 Å². The lowest BCUT2D eigenvalue weighted by atomic mass is 9.87. The van der Waals surface area contributed by atoms with E-state index in [1.54, 1.807) is 0 Å². The molecule has 0 saturated heterocycles. The Morgan fingerprint density at radius 3 is 2.56 bits per heavy atom. The van der Waals surface area contributed by atoms with Crippen LogP contribution in [0.2, 0.25) is 0 Å². The summed E-state index contributed by atoms with van der Waals surface area (Å²) < 4.78 is 0. The van der Waals surface area contributed by atoms with Crippen LogP contribution in [0.5, 0.6) is 0 Å². The highest BCUT2D eigenvalue weighted by molar-refractivity contribution is 5.49. The Kier molecular flexibility index (Phi) is 3.47. The van der Waals surface area contributed by atoms with Crippen molar-refractivity contribution in [1.82, 2.24) is 4.98 Å². The van der Waals surface area contributed by atoms with Crippen LogP contribution in [-0.2, 0) is 0 Å². The van der Waals surface area contributed by atoms with Gasteiger partial charge in [-0.15, -0.1) is 0 Å². The Hall–Kier alpha value is -1.05. The van der Waals surface area contributed by atoms with Gasteiger partial charge in [-0.25, -0.2) is 0 Å². The van der Waals surface area contributed by atoms with Crippen molar-refractivity contribution in [2.45, 2.75) is 52.5 Å². The maximum absolute atomic E-state index is 4.40. The van der Waals surface area contributed by atoms with E-state index in [0.29, 0.717) is 6.04 Å². The van der Waals surface area contributed by atoms with Gasteiger partial charge in [0.25, 0.3) is 0 Å². The minimum atomic E-state index is 0.651. The average Bonchev–Trinajstić information content (AvgIpc) is 2.27. The van der Waals surface area contributed by atoms with Crippen LogP contribution in [0.25, 0.3) is 0 Å². The number of aryl methyl sites for hydroxylation is 2. The van der Waals surface area contributed by atoms with Gasteiger partial charge in [0.05, 0.1) is 11.4 Å². The van der Waals surface area contributed by atoms with Crippen LogP contribution >= 0.6 is 0 Å². The summed E-state index contributed by atoms with van der Waals surface area (Å²) in [5.41, 5.74) is 3.57. The first-order chi connectivity index (χ1) is 7.65. The largest absolute Gasteiger partial charge is 0.381 e. The van der Waals surface area contributed by atoms with E-state index in [1.807, 2.05) is 6.20 Å². The number of aromatic nitrogens is 1. The van der Waals surface area contributed by atoms with Crippen LogP contribution in [0, 0.1) is 19.8 Å². The van der Waals surface area contributed by atoms with Crippen LogP contribution in [-0.4, -0.2) is 11.0 Å². The molecule has 2 rings (SSSR count). The number of nitrogens with zero attached hydrogens (tertiary/aromatic N) is 1. The second kappa shape index (κ2) is 4.86. The first-order valence-corrected chi connectivity index (χ1v) is 6.35. The monoisotopic (exact) mass is 218 g/mol. The van der Waals surface area contributed by atoms with Gasteiger partial charge in [0, 0.05) is 12.2 Å². The van der Waals surface area contributed by atoms with Gasteiger partial charge in [-0.3, -0.25) is 4.98 Å². The molecule has 0 aromatic carbocycles. The van der Waals surface area contributed by atoms with Crippen LogP contribution < -0.4 is 5.32 Å². The number of pyridine rings is 1. The highest BCUT2D eigenvalue weighted by Gasteiger charge is 2.18. The summed E-state index contributed by atoms with van der Waals surface area (Å²) in [6.45, 7) is 6.53. The second-order valence-corrected chi connectivity index (χ2v) is 5.25. The van der Waals surface area contributed by atoms with Gasteiger partial charge in [-0.1, -0.05) is 6.92 Å². The summed E-state index contributed by atoms with van der Waals surface area (Å²) in [4.78, 5) is 4.40. The van der Waals surface area contributed by atoms with Crippen molar-refractivity contribution in [3.8, 4) is 0 Å². The normalized spacial score (nSPS) is 25.4. The molecule has 1 aromatic heterocycles. The summed E-state index contributed by atoms with van der Waals surface area (Å²) in [6, 6.07) is 2.86. The number of anilines is 1. The van der Waals surface area contributed by atoms with Crippen molar-refractivity contribution in [3.63, 3.8) is 0 Å². The predicted octanol–water partition coefficient (Wildman–Crippen LogP) is 3.69. The van der Waals surface area contributed by atoms with Gasteiger partial charge in [0.1, 0.15) is 0 Å². The predicted molar refractivity (Wildman–Crippen MR) is 68.8 cm³/mol. The highest BCUT2D eigenvalue weighted by Crippen LogP contribution is 2.26. The number of nitrogens with one attached hydrogen (secondary N) is 1. The Morgan fingerprint density at radius 2 is 1.88 bits per heavy atom. The van der Waals surface area contributed by atoms with Gasteiger partial charge < -0.3 is 5.32 Å². The highest BCUT2D eigenvalue weighted by atomic mass is 14.9. The molecule has 0 unspecified atom stereocenters. The standard InChI is InChI=1S/C14H22N2/c1-10-4-6-13(7-5-10)16-14-8-11(2)9-15-12(14)3/h8-10,13,16H,4-7H2,1-3H3. The topological polar surface area (TPSA) is 24.9 Å². The van der Waals surface area contributed by atoms with E-state index in [-0.39, 0.29) is 0 Å². The Morgan fingerprint density at radius 1 is 1.19 bits per heavy atom. The maximum atomic E-state index is 4.40. The van der Waals surface area contributed by atoms with Gasteiger partial charge >= 0.3 is 0 Å². The SMILES string of the molecule is Cc1cnc(C)c(NC2CCC(C)CC2)c1. The number of hydrogen-bond acceptors (Lipinski definition) is 2. The molecule has 1 aliphatic carbocycles. The molecular weight excluding hydrogens is 196 g/mol. The fourth-order valence-corrected chi connectivity index (χ4v) is 2.41. The molecule has 0 bridgehead atoms. The number of rotatable bonds is 2. The van der Waals surface area contributed by atoms with Crippen molar-refractivity contribution >= 4 is 5.69 Å². The fourth-order valence-electron chi connectivity index (χ4n) is 2.41. The zero-order valence-corrected chi connectivity index (χ0v) is 10.6. The maximum Gasteiger partial charge on any atom is 0.0603 e. The molecule has 1 aliphatic rings. The summed E-state index contributed by atoms with van der Waals surface area (Å²) in [6.07, 6.45) is 7.25.